The lowest BCUT2D eigenvalue weighted by molar-refractivity contribution is 0.483. The largest absolute Gasteiger partial charge is 0.317 e. The Balaban J connectivity index is 3.01. The van der Waals surface area contributed by atoms with Crippen molar-refractivity contribution in [3.63, 3.8) is 0 Å². The van der Waals surface area contributed by atoms with Crippen LogP contribution in [-0.4, -0.2) is 21.5 Å². The Kier molecular flexibility index (Phi) is 4.68. The van der Waals surface area contributed by atoms with Crippen molar-refractivity contribution in [3.8, 4) is 0 Å². The van der Waals surface area contributed by atoms with E-state index in [1.54, 1.807) is 12.1 Å². The summed E-state index contributed by atoms with van der Waals surface area (Å²) in [5.41, 5.74) is 1.13. The van der Waals surface area contributed by atoms with Gasteiger partial charge in [0.2, 0.25) is 10.0 Å². The number of hydrogen-bond acceptors (Lipinski definition) is 3. The molecule has 1 aromatic rings. The summed E-state index contributed by atoms with van der Waals surface area (Å²) in [6, 6.07) is 7.15. The van der Waals surface area contributed by atoms with E-state index in [2.05, 4.69) is 19.2 Å². The second kappa shape index (κ2) is 5.62. The van der Waals surface area contributed by atoms with Crippen molar-refractivity contribution in [1.29, 1.82) is 0 Å². The number of primary sulfonamides is 1. The van der Waals surface area contributed by atoms with Gasteiger partial charge in [-0.2, -0.15) is 0 Å². The minimum atomic E-state index is -3.59. The SMILES string of the molecule is CCC(c1ccc(S(N)(=O)=O)cc1)C(C)NC. The molecule has 2 atom stereocenters. The molecular weight excluding hydrogens is 236 g/mol. The molecule has 4 nitrogen and oxygen atoms in total. The number of sulfonamides is 1. The van der Waals surface area contributed by atoms with Crippen molar-refractivity contribution >= 4 is 10.0 Å². The first kappa shape index (κ1) is 14.2. The highest BCUT2D eigenvalue weighted by molar-refractivity contribution is 7.89. The Labute approximate surface area is 103 Å². The van der Waals surface area contributed by atoms with Crippen LogP contribution < -0.4 is 10.5 Å². The monoisotopic (exact) mass is 256 g/mol. The first-order valence-electron chi connectivity index (χ1n) is 5.70. The van der Waals surface area contributed by atoms with Crippen molar-refractivity contribution in [2.45, 2.75) is 37.1 Å². The van der Waals surface area contributed by atoms with Gasteiger partial charge in [-0.15, -0.1) is 0 Å². The van der Waals surface area contributed by atoms with Crippen LogP contribution in [0.3, 0.4) is 0 Å². The lowest BCUT2D eigenvalue weighted by atomic mass is 9.90. The Morgan fingerprint density at radius 1 is 1.29 bits per heavy atom. The van der Waals surface area contributed by atoms with E-state index in [1.807, 2.05) is 19.2 Å². The van der Waals surface area contributed by atoms with Crippen molar-refractivity contribution in [1.82, 2.24) is 5.32 Å². The summed E-state index contributed by atoms with van der Waals surface area (Å²) in [4.78, 5) is 0.160. The second-order valence-corrected chi connectivity index (χ2v) is 5.77. The van der Waals surface area contributed by atoms with E-state index in [1.165, 1.54) is 0 Å². The first-order valence-corrected chi connectivity index (χ1v) is 7.24. The summed E-state index contributed by atoms with van der Waals surface area (Å²) in [7, 11) is -1.67. The van der Waals surface area contributed by atoms with Crippen molar-refractivity contribution < 1.29 is 8.42 Å². The molecule has 0 heterocycles. The van der Waals surface area contributed by atoms with E-state index >= 15 is 0 Å². The fraction of sp³-hybridized carbons (Fsp3) is 0.500. The zero-order valence-corrected chi connectivity index (χ0v) is 11.3. The topological polar surface area (TPSA) is 72.2 Å². The number of nitrogens with two attached hydrogens (primary N) is 1. The summed E-state index contributed by atoms with van der Waals surface area (Å²) < 4.78 is 22.3. The van der Waals surface area contributed by atoms with Gasteiger partial charge in [0.15, 0.2) is 0 Å². The average Bonchev–Trinajstić information content (AvgIpc) is 2.29. The minimum absolute atomic E-state index is 0.160. The number of rotatable bonds is 5. The van der Waals surface area contributed by atoms with Crippen LogP contribution in [0.15, 0.2) is 29.2 Å². The summed E-state index contributed by atoms with van der Waals surface area (Å²) in [6.07, 6.45) is 0.997. The smallest absolute Gasteiger partial charge is 0.238 e. The third kappa shape index (κ3) is 3.52. The van der Waals surface area contributed by atoms with Crippen LogP contribution in [-0.2, 0) is 10.0 Å². The number of benzene rings is 1. The van der Waals surface area contributed by atoms with Gasteiger partial charge in [0.1, 0.15) is 0 Å². The van der Waals surface area contributed by atoms with Crippen LogP contribution in [0.4, 0.5) is 0 Å². The Hall–Kier alpha value is -0.910. The van der Waals surface area contributed by atoms with E-state index in [0.717, 1.165) is 12.0 Å². The van der Waals surface area contributed by atoms with Gasteiger partial charge >= 0.3 is 0 Å². The van der Waals surface area contributed by atoms with Crippen LogP contribution in [0.5, 0.6) is 0 Å². The van der Waals surface area contributed by atoms with E-state index in [0.29, 0.717) is 12.0 Å². The lowest BCUT2D eigenvalue weighted by Crippen LogP contribution is -2.28. The van der Waals surface area contributed by atoms with Crippen LogP contribution in [0.2, 0.25) is 0 Å². The predicted octanol–water partition coefficient (Wildman–Crippen LogP) is 1.44. The molecule has 0 saturated heterocycles. The summed E-state index contributed by atoms with van der Waals surface area (Å²) >= 11 is 0. The maximum Gasteiger partial charge on any atom is 0.238 e. The Morgan fingerprint density at radius 2 is 1.82 bits per heavy atom. The molecule has 0 spiro atoms. The van der Waals surface area contributed by atoms with Gasteiger partial charge in [-0.05, 0) is 44.0 Å². The fourth-order valence-corrected chi connectivity index (χ4v) is 2.50. The average molecular weight is 256 g/mol. The molecule has 0 saturated carbocycles. The number of likely N-dealkylation sites (N-methyl/N-ethyl adjacent to an activating group) is 1. The molecule has 17 heavy (non-hydrogen) atoms. The van der Waals surface area contributed by atoms with Gasteiger partial charge < -0.3 is 5.32 Å². The van der Waals surface area contributed by atoms with E-state index in [-0.39, 0.29) is 4.90 Å². The normalized spacial score (nSPS) is 15.5. The minimum Gasteiger partial charge on any atom is -0.317 e. The molecule has 1 rings (SSSR count). The van der Waals surface area contributed by atoms with Gasteiger partial charge in [-0.25, -0.2) is 13.6 Å². The number of hydrogen-bond donors (Lipinski definition) is 2. The van der Waals surface area contributed by atoms with Gasteiger partial charge in [0.05, 0.1) is 4.90 Å². The van der Waals surface area contributed by atoms with Gasteiger partial charge in [-0.3, -0.25) is 0 Å². The molecule has 0 bridgehead atoms. The molecule has 0 radical (unpaired) electrons. The first-order chi connectivity index (χ1) is 7.90. The molecule has 2 unspecified atom stereocenters. The standard InChI is InChI=1S/C12H20N2O2S/c1-4-12(9(2)14-3)10-5-7-11(8-6-10)17(13,15)16/h5-9,12,14H,4H2,1-3H3,(H2,13,15,16). The molecule has 0 aliphatic carbocycles. The van der Waals surface area contributed by atoms with Gasteiger partial charge in [-0.1, -0.05) is 19.1 Å². The molecule has 0 aliphatic rings. The van der Waals surface area contributed by atoms with Crippen molar-refractivity contribution in [2.24, 2.45) is 5.14 Å². The highest BCUT2D eigenvalue weighted by atomic mass is 32.2. The van der Waals surface area contributed by atoms with Crippen molar-refractivity contribution in [2.75, 3.05) is 7.05 Å². The van der Waals surface area contributed by atoms with Crippen LogP contribution in [0.25, 0.3) is 0 Å². The highest BCUT2D eigenvalue weighted by Crippen LogP contribution is 2.24. The zero-order chi connectivity index (χ0) is 13.1. The molecule has 0 aliphatic heterocycles. The zero-order valence-electron chi connectivity index (χ0n) is 10.5. The van der Waals surface area contributed by atoms with E-state index in [4.69, 9.17) is 5.14 Å². The Morgan fingerprint density at radius 3 is 2.18 bits per heavy atom. The summed E-state index contributed by atoms with van der Waals surface area (Å²) in [6.45, 7) is 4.23. The molecule has 0 amide bonds. The predicted molar refractivity (Wildman–Crippen MR) is 69.4 cm³/mol. The van der Waals surface area contributed by atoms with Gasteiger partial charge in [0.25, 0.3) is 0 Å². The second-order valence-electron chi connectivity index (χ2n) is 4.21. The third-order valence-corrected chi connectivity index (χ3v) is 4.06. The summed E-state index contributed by atoms with van der Waals surface area (Å²) in [5, 5.41) is 8.28. The highest BCUT2D eigenvalue weighted by Gasteiger charge is 2.16. The fourth-order valence-electron chi connectivity index (χ4n) is 1.98. The van der Waals surface area contributed by atoms with Crippen LogP contribution in [0.1, 0.15) is 31.7 Å². The van der Waals surface area contributed by atoms with E-state index in [9.17, 15) is 8.42 Å². The Bertz CT molecular complexity index is 454. The summed E-state index contributed by atoms with van der Waals surface area (Å²) in [5.74, 6) is 0.370. The molecular formula is C12H20N2O2S. The molecule has 0 aromatic heterocycles. The quantitative estimate of drug-likeness (QED) is 0.837. The van der Waals surface area contributed by atoms with Crippen LogP contribution >= 0.6 is 0 Å². The third-order valence-electron chi connectivity index (χ3n) is 3.14. The number of nitrogens with one attached hydrogen (secondary N) is 1. The molecule has 5 heteroatoms. The molecule has 3 N–H and O–H groups in total. The van der Waals surface area contributed by atoms with E-state index < -0.39 is 10.0 Å². The maximum absolute atomic E-state index is 11.1. The van der Waals surface area contributed by atoms with Crippen LogP contribution in [0, 0.1) is 0 Å². The molecule has 1 aromatic carbocycles. The molecule has 0 fully saturated rings. The maximum atomic E-state index is 11.1. The molecule has 96 valence electrons. The van der Waals surface area contributed by atoms with Crippen molar-refractivity contribution in [3.05, 3.63) is 29.8 Å². The van der Waals surface area contributed by atoms with Gasteiger partial charge in [0, 0.05) is 6.04 Å². The lowest BCUT2D eigenvalue weighted by Gasteiger charge is -2.22.